The summed E-state index contributed by atoms with van der Waals surface area (Å²) in [7, 11) is 0. The molecule has 0 aliphatic rings. The van der Waals surface area contributed by atoms with Crippen LogP contribution in [0.4, 0.5) is 0 Å². The molecule has 1 aromatic carbocycles. The van der Waals surface area contributed by atoms with Crippen LogP contribution in [0.25, 0.3) is 0 Å². The first-order chi connectivity index (χ1) is 11.6. The fraction of sp³-hybridized carbons (Fsp3) is 0.300. The van der Waals surface area contributed by atoms with Crippen LogP contribution in [0.2, 0.25) is 0 Å². The topological polar surface area (TPSA) is 42.7 Å². The van der Waals surface area contributed by atoms with E-state index in [1.165, 1.54) is 11.3 Å². The zero-order valence-electron chi connectivity index (χ0n) is 14.5. The van der Waals surface area contributed by atoms with E-state index in [-0.39, 0.29) is 12.1 Å². The van der Waals surface area contributed by atoms with Crippen LogP contribution < -0.4 is 5.32 Å². The Morgan fingerprint density at radius 2 is 1.75 bits per heavy atom. The van der Waals surface area contributed by atoms with E-state index in [1.54, 1.807) is 0 Å². The van der Waals surface area contributed by atoms with Gasteiger partial charge in [0, 0.05) is 24.5 Å². The first kappa shape index (κ1) is 16.4. The van der Waals surface area contributed by atoms with Crippen molar-refractivity contribution in [1.82, 2.24) is 19.9 Å². The van der Waals surface area contributed by atoms with Gasteiger partial charge in [-0.05, 0) is 38.5 Å². The number of pyridine rings is 1. The maximum atomic E-state index is 4.56. The summed E-state index contributed by atoms with van der Waals surface area (Å²) in [6, 6.07) is 16.9. The van der Waals surface area contributed by atoms with Gasteiger partial charge in [0.1, 0.15) is 0 Å². The Hall–Kier alpha value is -2.46. The summed E-state index contributed by atoms with van der Waals surface area (Å²) in [6.07, 6.45) is 3.77. The quantitative estimate of drug-likeness (QED) is 0.753. The average molecular weight is 320 g/mol. The molecule has 2 heterocycles. The lowest BCUT2D eigenvalue weighted by molar-refractivity contribution is 0.436. The van der Waals surface area contributed by atoms with Gasteiger partial charge in [-0.3, -0.25) is 4.98 Å². The molecule has 3 aromatic rings. The fourth-order valence-electron chi connectivity index (χ4n) is 2.91. The highest BCUT2D eigenvalue weighted by atomic mass is 15.1. The third-order valence-electron chi connectivity index (χ3n) is 4.38. The third kappa shape index (κ3) is 3.71. The van der Waals surface area contributed by atoms with Gasteiger partial charge in [-0.25, -0.2) is 4.98 Å². The van der Waals surface area contributed by atoms with E-state index >= 15 is 0 Å². The summed E-state index contributed by atoms with van der Waals surface area (Å²) in [5.74, 6) is 0. The standard InChI is InChI=1S/C20H24N4/c1-15(13-24-14-22-16(2)17(24)3)23-20(18-9-5-4-6-10-18)19-11-7-8-12-21-19/h4-12,14-15,20,23H,13H2,1-3H3/t15-,20+/m1/s1. The molecule has 0 aliphatic carbocycles. The normalized spacial score (nSPS) is 13.6. The molecule has 24 heavy (non-hydrogen) atoms. The number of hydrogen-bond acceptors (Lipinski definition) is 3. The number of hydrogen-bond donors (Lipinski definition) is 1. The number of aromatic nitrogens is 3. The molecule has 2 aromatic heterocycles. The first-order valence-corrected chi connectivity index (χ1v) is 8.35. The van der Waals surface area contributed by atoms with Gasteiger partial charge in [-0.1, -0.05) is 36.4 Å². The minimum atomic E-state index is 0.0762. The van der Waals surface area contributed by atoms with Crippen molar-refractivity contribution < 1.29 is 0 Å². The van der Waals surface area contributed by atoms with E-state index in [4.69, 9.17) is 0 Å². The lowest BCUT2D eigenvalue weighted by Crippen LogP contribution is -2.35. The molecule has 0 aliphatic heterocycles. The fourth-order valence-corrected chi connectivity index (χ4v) is 2.91. The Labute approximate surface area is 143 Å². The van der Waals surface area contributed by atoms with Crippen LogP contribution in [0.3, 0.4) is 0 Å². The molecule has 0 radical (unpaired) electrons. The number of aryl methyl sites for hydroxylation is 1. The van der Waals surface area contributed by atoms with E-state index < -0.39 is 0 Å². The van der Waals surface area contributed by atoms with Crippen molar-refractivity contribution in [2.75, 3.05) is 0 Å². The Bertz CT molecular complexity index is 725. The van der Waals surface area contributed by atoms with Crippen LogP contribution in [-0.4, -0.2) is 20.6 Å². The second-order valence-electron chi connectivity index (χ2n) is 6.23. The Kier molecular flexibility index (Phi) is 5.06. The molecular formula is C20H24N4. The van der Waals surface area contributed by atoms with Gasteiger partial charge in [0.25, 0.3) is 0 Å². The van der Waals surface area contributed by atoms with Crippen molar-refractivity contribution >= 4 is 0 Å². The van der Waals surface area contributed by atoms with E-state index in [1.807, 2.05) is 37.6 Å². The second-order valence-corrected chi connectivity index (χ2v) is 6.23. The number of nitrogens with one attached hydrogen (secondary N) is 1. The molecule has 0 fully saturated rings. The van der Waals surface area contributed by atoms with Gasteiger partial charge in [0.2, 0.25) is 0 Å². The smallest absolute Gasteiger partial charge is 0.0951 e. The second kappa shape index (κ2) is 7.41. The van der Waals surface area contributed by atoms with E-state index in [2.05, 4.69) is 64.0 Å². The molecule has 2 atom stereocenters. The van der Waals surface area contributed by atoms with Gasteiger partial charge < -0.3 is 9.88 Å². The lowest BCUT2D eigenvalue weighted by atomic mass is 10.0. The molecule has 1 N–H and O–H groups in total. The van der Waals surface area contributed by atoms with Crippen LogP contribution in [0.1, 0.15) is 35.6 Å². The predicted octanol–water partition coefficient (Wildman–Crippen LogP) is 3.66. The van der Waals surface area contributed by atoms with E-state index in [0.717, 1.165) is 17.9 Å². The van der Waals surface area contributed by atoms with Crippen LogP contribution in [0, 0.1) is 13.8 Å². The summed E-state index contributed by atoms with van der Waals surface area (Å²) in [6.45, 7) is 7.24. The zero-order chi connectivity index (χ0) is 16.9. The molecule has 0 amide bonds. The Balaban J connectivity index is 1.80. The maximum absolute atomic E-state index is 4.56. The van der Waals surface area contributed by atoms with Crippen LogP contribution in [0.15, 0.2) is 61.1 Å². The number of imidazole rings is 1. The Morgan fingerprint density at radius 3 is 2.38 bits per heavy atom. The van der Waals surface area contributed by atoms with Crippen molar-refractivity contribution in [2.45, 2.75) is 39.4 Å². The van der Waals surface area contributed by atoms with Gasteiger partial charge in [-0.15, -0.1) is 0 Å². The van der Waals surface area contributed by atoms with Crippen molar-refractivity contribution in [3.8, 4) is 0 Å². The van der Waals surface area contributed by atoms with Crippen LogP contribution >= 0.6 is 0 Å². The summed E-state index contributed by atoms with van der Waals surface area (Å²) >= 11 is 0. The number of benzene rings is 1. The molecule has 0 unspecified atom stereocenters. The van der Waals surface area contributed by atoms with Gasteiger partial charge in [-0.2, -0.15) is 0 Å². The molecule has 4 nitrogen and oxygen atoms in total. The van der Waals surface area contributed by atoms with E-state index in [0.29, 0.717) is 0 Å². The number of nitrogens with zero attached hydrogens (tertiary/aromatic N) is 3. The van der Waals surface area contributed by atoms with Crippen LogP contribution in [0.5, 0.6) is 0 Å². The predicted molar refractivity (Wildman–Crippen MR) is 96.8 cm³/mol. The molecular weight excluding hydrogens is 296 g/mol. The van der Waals surface area contributed by atoms with Gasteiger partial charge in [0.05, 0.1) is 23.8 Å². The van der Waals surface area contributed by atoms with Crippen molar-refractivity contribution in [1.29, 1.82) is 0 Å². The zero-order valence-corrected chi connectivity index (χ0v) is 14.5. The van der Waals surface area contributed by atoms with Crippen molar-refractivity contribution in [3.63, 3.8) is 0 Å². The molecule has 0 bridgehead atoms. The molecule has 0 spiro atoms. The molecule has 0 saturated heterocycles. The lowest BCUT2D eigenvalue weighted by Gasteiger charge is -2.24. The highest BCUT2D eigenvalue weighted by Crippen LogP contribution is 2.21. The van der Waals surface area contributed by atoms with E-state index in [9.17, 15) is 0 Å². The molecule has 0 saturated carbocycles. The van der Waals surface area contributed by atoms with Crippen molar-refractivity contribution in [3.05, 3.63) is 83.7 Å². The minimum Gasteiger partial charge on any atom is -0.333 e. The van der Waals surface area contributed by atoms with Gasteiger partial charge in [0.15, 0.2) is 0 Å². The monoisotopic (exact) mass is 320 g/mol. The largest absolute Gasteiger partial charge is 0.333 e. The van der Waals surface area contributed by atoms with Gasteiger partial charge >= 0.3 is 0 Å². The maximum Gasteiger partial charge on any atom is 0.0951 e. The summed E-state index contributed by atoms with van der Waals surface area (Å²) in [5, 5.41) is 3.72. The average Bonchev–Trinajstić information content (AvgIpc) is 2.93. The summed E-state index contributed by atoms with van der Waals surface area (Å²) in [4.78, 5) is 8.94. The molecule has 4 heteroatoms. The van der Waals surface area contributed by atoms with Crippen LogP contribution in [-0.2, 0) is 6.54 Å². The van der Waals surface area contributed by atoms with Crippen molar-refractivity contribution in [2.24, 2.45) is 0 Å². The first-order valence-electron chi connectivity index (χ1n) is 8.35. The SMILES string of the molecule is Cc1ncn(C[C@@H](C)N[C@@H](c2ccccc2)c2ccccn2)c1C. The number of rotatable bonds is 6. The third-order valence-corrected chi connectivity index (χ3v) is 4.38. The Morgan fingerprint density at radius 1 is 1.00 bits per heavy atom. The molecule has 124 valence electrons. The summed E-state index contributed by atoms with van der Waals surface area (Å²) in [5.41, 5.74) is 4.57. The molecule has 3 rings (SSSR count). The highest BCUT2D eigenvalue weighted by Gasteiger charge is 2.18. The summed E-state index contributed by atoms with van der Waals surface area (Å²) < 4.78 is 2.20. The minimum absolute atomic E-state index is 0.0762. The highest BCUT2D eigenvalue weighted by molar-refractivity contribution is 5.27.